The number of methoxy groups -OCH3 is 1. The van der Waals surface area contributed by atoms with E-state index in [4.69, 9.17) is 34.3 Å². The summed E-state index contributed by atoms with van der Waals surface area (Å²) in [5.74, 6) is -1.30. The number of esters is 1. The molecule has 0 amide bonds. The standard InChI is InChI=1S/C9H20O6.C9H16O2.C3H4O2/c1-12-9(11)8-15-7-6-14-5-4-13-3-2-10;1-3-5-6-7-8-11-9(10)4-2;1-2-3(4)5/h9-11H,2-8H2,1H3;4H,2-3,5-8H2,1H3;2H,1H2,(H,4,5). The number of hydrogen-bond donors (Lipinski definition) is 3. The maximum Gasteiger partial charge on any atom is 0.330 e. The normalized spacial score (nSPS) is 10.6. The number of ether oxygens (including phenoxy) is 5. The summed E-state index contributed by atoms with van der Waals surface area (Å²) in [6.07, 6.45) is 5.67. The number of aliphatic carboxylic acids is 1. The van der Waals surface area contributed by atoms with Crippen LogP contribution in [0.3, 0.4) is 0 Å². The lowest BCUT2D eigenvalue weighted by atomic mass is 10.2. The van der Waals surface area contributed by atoms with E-state index in [2.05, 4.69) is 24.8 Å². The molecule has 0 heterocycles. The van der Waals surface area contributed by atoms with Gasteiger partial charge in [-0.25, -0.2) is 9.59 Å². The Kier molecular flexibility index (Phi) is 33.1. The molecule has 10 heteroatoms. The number of aliphatic hydroxyl groups excluding tert-OH is 2. The molecular weight excluding hydrogens is 412 g/mol. The zero-order chi connectivity index (χ0) is 24.2. The molecule has 0 aromatic carbocycles. The van der Waals surface area contributed by atoms with Crippen LogP contribution in [0, 0.1) is 0 Å². The summed E-state index contributed by atoms with van der Waals surface area (Å²) >= 11 is 0. The van der Waals surface area contributed by atoms with Gasteiger partial charge >= 0.3 is 11.9 Å². The van der Waals surface area contributed by atoms with Gasteiger partial charge in [-0.15, -0.1) is 0 Å². The topological polar surface area (TPSA) is 141 Å². The van der Waals surface area contributed by atoms with E-state index in [1.54, 1.807) is 0 Å². The number of carbonyl (C=O) groups is 2. The van der Waals surface area contributed by atoms with Crippen molar-refractivity contribution < 1.29 is 48.6 Å². The Balaban J connectivity index is -0.000000428. The summed E-state index contributed by atoms with van der Waals surface area (Å²) < 4.78 is 24.5. The lowest BCUT2D eigenvalue weighted by molar-refractivity contribution is -0.138. The molecule has 0 aliphatic heterocycles. The fraction of sp³-hybridized carbons (Fsp3) is 0.714. The number of carbonyl (C=O) groups excluding carboxylic acids is 1. The Morgan fingerprint density at radius 2 is 1.45 bits per heavy atom. The molecule has 0 saturated heterocycles. The van der Waals surface area contributed by atoms with Crippen molar-refractivity contribution in [2.45, 2.75) is 38.9 Å². The van der Waals surface area contributed by atoms with Crippen LogP contribution in [0.1, 0.15) is 32.6 Å². The number of aliphatic hydroxyl groups is 2. The average Bonchev–Trinajstić information content (AvgIpc) is 2.78. The molecule has 0 spiro atoms. The second-order valence-electron chi connectivity index (χ2n) is 5.69. The first kappa shape index (κ1) is 33.8. The molecule has 0 aliphatic rings. The molecule has 3 N–H and O–H groups in total. The number of carboxylic acids is 1. The average molecular weight is 453 g/mol. The van der Waals surface area contributed by atoms with E-state index in [0.717, 1.165) is 18.9 Å². The minimum Gasteiger partial charge on any atom is -0.478 e. The second-order valence-corrected chi connectivity index (χ2v) is 5.69. The molecule has 0 aliphatic carbocycles. The van der Waals surface area contributed by atoms with Crippen LogP contribution in [0.5, 0.6) is 0 Å². The highest BCUT2D eigenvalue weighted by atomic mass is 16.6. The van der Waals surface area contributed by atoms with Crippen LogP contribution in [0.4, 0.5) is 0 Å². The van der Waals surface area contributed by atoms with Gasteiger partial charge in [0.05, 0.1) is 52.9 Å². The summed E-state index contributed by atoms with van der Waals surface area (Å²) in [5.41, 5.74) is 0. The first-order valence-electron chi connectivity index (χ1n) is 10.1. The first-order chi connectivity index (χ1) is 14.9. The molecule has 10 nitrogen and oxygen atoms in total. The molecule has 1 unspecified atom stereocenters. The van der Waals surface area contributed by atoms with Crippen molar-refractivity contribution >= 4 is 11.9 Å². The van der Waals surface area contributed by atoms with Crippen molar-refractivity contribution in [1.29, 1.82) is 0 Å². The molecule has 0 radical (unpaired) electrons. The van der Waals surface area contributed by atoms with E-state index in [9.17, 15) is 9.59 Å². The Labute approximate surface area is 185 Å². The SMILES string of the molecule is C=CC(=O)O.C=CC(=O)OCCCCCC.COC(O)COCCOCCOCCO. The van der Waals surface area contributed by atoms with Gasteiger partial charge in [0.1, 0.15) is 0 Å². The van der Waals surface area contributed by atoms with Crippen molar-refractivity contribution in [3.8, 4) is 0 Å². The smallest absolute Gasteiger partial charge is 0.330 e. The predicted octanol–water partition coefficient (Wildman–Crippen LogP) is 1.55. The maximum atomic E-state index is 10.5. The zero-order valence-corrected chi connectivity index (χ0v) is 18.8. The highest BCUT2D eigenvalue weighted by Crippen LogP contribution is 1.98. The van der Waals surface area contributed by atoms with Crippen molar-refractivity contribution in [2.75, 3.05) is 60.0 Å². The van der Waals surface area contributed by atoms with Gasteiger partial charge in [-0.05, 0) is 6.42 Å². The van der Waals surface area contributed by atoms with Gasteiger partial charge in [0.25, 0.3) is 0 Å². The lowest BCUT2D eigenvalue weighted by Crippen LogP contribution is -2.19. The third-order valence-corrected chi connectivity index (χ3v) is 3.10. The van der Waals surface area contributed by atoms with Gasteiger partial charge in [0, 0.05) is 19.3 Å². The summed E-state index contributed by atoms with van der Waals surface area (Å²) in [6.45, 7) is 11.2. The number of carboxylic acid groups (broad SMARTS) is 1. The summed E-state index contributed by atoms with van der Waals surface area (Å²) in [5, 5.41) is 24.9. The summed E-state index contributed by atoms with van der Waals surface area (Å²) in [7, 11) is 1.41. The fourth-order valence-electron chi connectivity index (χ4n) is 1.52. The van der Waals surface area contributed by atoms with E-state index >= 15 is 0 Å². The van der Waals surface area contributed by atoms with Crippen LogP contribution in [-0.4, -0.2) is 93.5 Å². The highest BCUT2D eigenvalue weighted by Gasteiger charge is 1.99. The van der Waals surface area contributed by atoms with Crippen LogP contribution in [0.15, 0.2) is 25.3 Å². The minimum absolute atomic E-state index is 0.0258. The molecular formula is C21H40O10. The quantitative estimate of drug-likeness (QED) is 0.121. The van der Waals surface area contributed by atoms with Gasteiger partial charge in [-0.2, -0.15) is 0 Å². The largest absolute Gasteiger partial charge is 0.478 e. The van der Waals surface area contributed by atoms with Crippen molar-refractivity contribution in [1.82, 2.24) is 0 Å². The predicted molar refractivity (Wildman–Crippen MR) is 116 cm³/mol. The molecule has 0 aromatic heterocycles. The maximum absolute atomic E-state index is 10.5. The van der Waals surface area contributed by atoms with Crippen molar-refractivity contribution in [3.05, 3.63) is 25.3 Å². The molecule has 0 saturated carbocycles. The van der Waals surface area contributed by atoms with E-state index in [1.807, 2.05) is 0 Å². The zero-order valence-electron chi connectivity index (χ0n) is 18.8. The molecule has 0 bridgehead atoms. The molecule has 0 rings (SSSR count). The van der Waals surface area contributed by atoms with Gasteiger partial charge in [0.2, 0.25) is 0 Å². The molecule has 1 atom stereocenters. The molecule has 31 heavy (non-hydrogen) atoms. The number of hydrogen-bond acceptors (Lipinski definition) is 9. The van der Waals surface area contributed by atoms with Crippen LogP contribution in [0.25, 0.3) is 0 Å². The second kappa shape index (κ2) is 30.4. The van der Waals surface area contributed by atoms with Crippen LogP contribution >= 0.6 is 0 Å². The van der Waals surface area contributed by atoms with Crippen LogP contribution in [0.2, 0.25) is 0 Å². The molecule has 184 valence electrons. The Morgan fingerprint density at radius 3 is 1.90 bits per heavy atom. The van der Waals surface area contributed by atoms with Crippen molar-refractivity contribution in [3.63, 3.8) is 0 Å². The number of rotatable bonds is 18. The highest BCUT2D eigenvalue weighted by molar-refractivity contribution is 5.81. The molecule has 0 fully saturated rings. The van der Waals surface area contributed by atoms with Crippen LogP contribution < -0.4 is 0 Å². The third kappa shape index (κ3) is 39.3. The summed E-state index contributed by atoms with van der Waals surface area (Å²) in [4.78, 5) is 19.8. The molecule has 0 aromatic rings. The van der Waals surface area contributed by atoms with E-state index in [0.29, 0.717) is 39.6 Å². The minimum atomic E-state index is -0.981. The lowest BCUT2D eigenvalue weighted by Gasteiger charge is -2.09. The van der Waals surface area contributed by atoms with Gasteiger partial charge < -0.3 is 39.0 Å². The Bertz CT molecular complexity index is 415. The summed E-state index contributed by atoms with van der Waals surface area (Å²) in [6, 6.07) is 0. The third-order valence-electron chi connectivity index (χ3n) is 3.10. The van der Waals surface area contributed by atoms with Gasteiger partial charge in [-0.1, -0.05) is 39.3 Å². The van der Waals surface area contributed by atoms with E-state index < -0.39 is 12.3 Å². The van der Waals surface area contributed by atoms with E-state index in [1.165, 1.54) is 26.0 Å². The van der Waals surface area contributed by atoms with Gasteiger partial charge in [-0.3, -0.25) is 0 Å². The monoisotopic (exact) mass is 452 g/mol. The number of unbranched alkanes of at least 4 members (excludes halogenated alkanes) is 3. The van der Waals surface area contributed by atoms with Crippen molar-refractivity contribution in [2.24, 2.45) is 0 Å². The van der Waals surface area contributed by atoms with Gasteiger partial charge in [0.15, 0.2) is 6.29 Å². The first-order valence-corrected chi connectivity index (χ1v) is 10.1. The van der Waals surface area contributed by atoms with Crippen LogP contribution in [-0.2, 0) is 33.3 Å². The van der Waals surface area contributed by atoms with E-state index in [-0.39, 0.29) is 19.2 Å². The Hall–Kier alpha value is -1.82. The Morgan fingerprint density at radius 1 is 0.903 bits per heavy atom. The fourth-order valence-corrected chi connectivity index (χ4v) is 1.52.